The van der Waals surface area contributed by atoms with Crippen LogP contribution in [0.4, 0.5) is 0 Å². The zero-order valence-electron chi connectivity index (χ0n) is 11.2. The third-order valence-corrected chi connectivity index (χ3v) is 3.02. The van der Waals surface area contributed by atoms with Crippen LogP contribution in [0.5, 0.6) is 5.75 Å². The molecule has 0 atom stereocenters. The van der Waals surface area contributed by atoms with Crippen molar-refractivity contribution in [1.29, 1.82) is 0 Å². The number of rotatable bonds is 8. The first-order valence-electron chi connectivity index (χ1n) is 6.49. The molecule has 0 aromatic heterocycles. The summed E-state index contributed by atoms with van der Waals surface area (Å²) in [5, 5.41) is 9.12. The molecule has 0 aliphatic rings. The van der Waals surface area contributed by atoms with Crippen LogP contribution in [0, 0.1) is 0 Å². The lowest BCUT2D eigenvalue weighted by molar-refractivity contribution is -0.119. The number of unbranched alkanes of at least 4 members (excludes halogenated alkanes) is 1. The highest BCUT2D eigenvalue weighted by Crippen LogP contribution is 2.21. The molecule has 0 fully saturated rings. The van der Waals surface area contributed by atoms with Gasteiger partial charge in [-0.2, -0.15) is 0 Å². The van der Waals surface area contributed by atoms with E-state index in [2.05, 4.69) is 6.92 Å². The molecule has 0 aliphatic carbocycles. The standard InChI is InChI=1S/C15H22O3/c1-3-4-5-14(17)9-7-12-6-8-13(11-16)15(10-12)18-2/h6,8,10,16H,3-5,7,9,11H2,1-2H3. The number of aliphatic hydroxyl groups is 1. The summed E-state index contributed by atoms with van der Waals surface area (Å²) in [5.41, 5.74) is 1.85. The smallest absolute Gasteiger partial charge is 0.133 e. The molecule has 0 saturated heterocycles. The van der Waals surface area contributed by atoms with Gasteiger partial charge in [0.25, 0.3) is 0 Å². The molecule has 0 spiro atoms. The fraction of sp³-hybridized carbons (Fsp3) is 0.533. The maximum Gasteiger partial charge on any atom is 0.133 e. The van der Waals surface area contributed by atoms with Gasteiger partial charge in [0.1, 0.15) is 11.5 Å². The van der Waals surface area contributed by atoms with Gasteiger partial charge in [-0.15, -0.1) is 0 Å². The molecule has 0 radical (unpaired) electrons. The third-order valence-electron chi connectivity index (χ3n) is 3.02. The number of hydrogen-bond donors (Lipinski definition) is 1. The molecule has 0 bridgehead atoms. The maximum atomic E-state index is 11.6. The molecule has 0 aliphatic heterocycles. The Hall–Kier alpha value is -1.35. The van der Waals surface area contributed by atoms with E-state index in [1.54, 1.807) is 7.11 Å². The number of aryl methyl sites for hydroxylation is 1. The van der Waals surface area contributed by atoms with E-state index in [4.69, 9.17) is 9.84 Å². The van der Waals surface area contributed by atoms with Crippen LogP contribution in [-0.4, -0.2) is 18.0 Å². The molecular formula is C15H22O3. The average Bonchev–Trinajstić information content (AvgIpc) is 2.42. The molecule has 0 amide bonds. The van der Waals surface area contributed by atoms with E-state index in [1.807, 2.05) is 18.2 Å². The van der Waals surface area contributed by atoms with E-state index in [-0.39, 0.29) is 6.61 Å². The van der Waals surface area contributed by atoms with Crippen LogP contribution >= 0.6 is 0 Å². The van der Waals surface area contributed by atoms with Gasteiger partial charge in [0, 0.05) is 18.4 Å². The summed E-state index contributed by atoms with van der Waals surface area (Å²) >= 11 is 0. The van der Waals surface area contributed by atoms with Gasteiger partial charge in [0.15, 0.2) is 0 Å². The second kappa shape index (κ2) is 7.88. The number of carbonyl (C=O) groups is 1. The largest absolute Gasteiger partial charge is 0.496 e. The molecule has 0 unspecified atom stereocenters. The van der Waals surface area contributed by atoms with E-state index < -0.39 is 0 Å². The summed E-state index contributed by atoms with van der Waals surface area (Å²) in [5.74, 6) is 1.01. The van der Waals surface area contributed by atoms with E-state index in [1.165, 1.54) is 0 Å². The van der Waals surface area contributed by atoms with Crippen molar-refractivity contribution < 1.29 is 14.6 Å². The highest BCUT2D eigenvalue weighted by molar-refractivity contribution is 5.78. The van der Waals surface area contributed by atoms with Gasteiger partial charge in [-0.1, -0.05) is 25.5 Å². The van der Waals surface area contributed by atoms with Crippen molar-refractivity contribution in [2.24, 2.45) is 0 Å². The Morgan fingerprint density at radius 1 is 1.33 bits per heavy atom. The minimum atomic E-state index is -0.0289. The summed E-state index contributed by atoms with van der Waals surface area (Å²) in [6.07, 6.45) is 4.05. The molecular weight excluding hydrogens is 228 g/mol. The minimum Gasteiger partial charge on any atom is -0.496 e. The maximum absolute atomic E-state index is 11.6. The van der Waals surface area contributed by atoms with E-state index in [0.717, 1.165) is 30.4 Å². The molecule has 3 nitrogen and oxygen atoms in total. The van der Waals surface area contributed by atoms with Crippen molar-refractivity contribution >= 4 is 5.78 Å². The number of aliphatic hydroxyl groups excluding tert-OH is 1. The predicted octanol–water partition coefficient (Wildman–Crippen LogP) is 2.88. The molecule has 0 saturated carbocycles. The van der Waals surface area contributed by atoms with Gasteiger partial charge < -0.3 is 9.84 Å². The van der Waals surface area contributed by atoms with Crippen LogP contribution in [0.25, 0.3) is 0 Å². The molecule has 0 heterocycles. The fourth-order valence-electron chi connectivity index (χ4n) is 1.86. The number of ether oxygens (including phenoxy) is 1. The second-order valence-corrected chi connectivity index (χ2v) is 4.45. The quantitative estimate of drug-likeness (QED) is 0.771. The van der Waals surface area contributed by atoms with Gasteiger partial charge in [-0.05, 0) is 24.5 Å². The SMILES string of the molecule is CCCCC(=O)CCc1ccc(CO)c(OC)c1. The molecule has 1 rings (SSSR count). The molecule has 1 aromatic carbocycles. The van der Waals surface area contributed by atoms with Crippen LogP contribution in [0.2, 0.25) is 0 Å². The van der Waals surface area contributed by atoms with Gasteiger partial charge in [-0.3, -0.25) is 4.79 Å². The Morgan fingerprint density at radius 3 is 2.72 bits per heavy atom. The lowest BCUT2D eigenvalue weighted by Gasteiger charge is -2.08. The minimum absolute atomic E-state index is 0.0289. The average molecular weight is 250 g/mol. The number of carbonyl (C=O) groups excluding carboxylic acids is 1. The Balaban J connectivity index is 2.55. The summed E-state index contributed by atoms with van der Waals surface area (Å²) in [6.45, 7) is 2.06. The Kier molecular flexibility index (Phi) is 6.44. The summed E-state index contributed by atoms with van der Waals surface area (Å²) < 4.78 is 5.20. The number of ketones is 1. The number of methoxy groups -OCH3 is 1. The fourth-order valence-corrected chi connectivity index (χ4v) is 1.86. The number of benzene rings is 1. The lowest BCUT2D eigenvalue weighted by atomic mass is 10.0. The Bertz CT molecular complexity index is 385. The summed E-state index contributed by atoms with van der Waals surface area (Å²) in [7, 11) is 1.59. The Morgan fingerprint density at radius 2 is 2.11 bits per heavy atom. The monoisotopic (exact) mass is 250 g/mol. The molecule has 100 valence electrons. The van der Waals surface area contributed by atoms with Gasteiger partial charge in [-0.25, -0.2) is 0 Å². The zero-order chi connectivity index (χ0) is 13.4. The third kappa shape index (κ3) is 4.49. The van der Waals surface area contributed by atoms with Crippen molar-refractivity contribution in [1.82, 2.24) is 0 Å². The molecule has 1 N–H and O–H groups in total. The van der Waals surface area contributed by atoms with Crippen LogP contribution in [0.15, 0.2) is 18.2 Å². The first-order chi connectivity index (χ1) is 8.71. The van der Waals surface area contributed by atoms with Crippen molar-refractivity contribution in [2.45, 2.75) is 45.6 Å². The van der Waals surface area contributed by atoms with Gasteiger partial charge in [0.2, 0.25) is 0 Å². The van der Waals surface area contributed by atoms with Crippen LogP contribution in [0.1, 0.15) is 43.7 Å². The first-order valence-corrected chi connectivity index (χ1v) is 6.49. The topological polar surface area (TPSA) is 46.5 Å². The van der Waals surface area contributed by atoms with Crippen molar-refractivity contribution in [3.05, 3.63) is 29.3 Å². The molecule has 1 aromatic rings. The summed E-state index contributed by atoms with van der Waals surface area (Å²) in [4.78, 5) is 11.6. The van der Waals surface area contributed by atoms with E-state index in [9.17, 15) is 4.79 Å². The van der Waals surface area contributed by atoms with Gasteiger partial charge in [0.05, 0.1) is 13.7 Å². The van der Waals surface area contributed by atoms with Crippen molar-refractivity contribution in [3.8, 4) is 5.75 Å². The Labute approximate surface area is 109 Å². The summed E-state index contributed by atoms with van der Waals surface area (Å²) in [6, 6.07) is 5.70. The van der Waals surface area contributed by atoms with Crippen LogP contribution in [-0.2, 0) is 17.8 Å². The number of hydrogen-bond acceptors (Lipinski definition) is 3. The molecule has 3 heteroatoms. The predicted molar refractivity (Wildman–Crippen MR) is 71.8 cm³/mol. The number of Topliss-reactive ketones (excluding diaryl/α,β-unsaturated/α-hetero) is 1. The van der Waals surface area contributed by atoms with E-state index >= 15 is 0 Å². The highest BCUT2D eigenvalue weighted by Gasteiger charge is 2.06. The lowest BCUT2D eigenvalue weighted by Crippen LogP contribution is -2.01. The highest BCUT2D eigenvalue weighted by atomic mass is 16.5. The van der Waals surface area contributed by atoms with Crippen LogP contribution < -0.4 is 4.74 Å². The van der Waals surface area contributed by atoms with Gasteiger partial charge >= 0.3 is 0 Å². The normalized spacial score (nSPS) is 10.4. The van der Waals surface area contributed by atoms with Crippen LogP contribution in [0.3, 0.4) is 0 Å². The van der Waals surface area contributed by atoms with Crippen molar-refractivity contribution in [2.75, 3.05) is 7.11 Å². The first kappa shape index (κ1) is 14.7. The molecule has 18 heavy (non-hydrogen) atoms. The van der Waals surface area contributed by atoms with Crippen molar-refractivity contribution in [3.63, 3.8) is 0 Å². The van der Waals surface area contributed by atoms with E-state index in [0.29, 0.717) is 24.4 Å². The zero-order valence-corrected chi connectivity index (χ0v) is 11.2. The second-order valence-electron chi connectivity index (χ2n) is 4.45.